The molecule has 0 aliphatic heterocycles. The summed E-state index contributed by atoms with van der Waals surface area (Å²) in [6.45, 7) is 0.649. The predicted octanol–water partition coefficient (Wildman–Crippen LogP) is -0.846. The summed E-state index contributed by atoms with van der Waals surface area (Å²) in [5, 5.41) is 2.44. The van der Waals surface area contributed by atoms with Gasteiger partial charge in [0.1, 0.15) is 19.7 Å². The van der Waals surface area contributed by atoms with E-state index in [1.807, 2.05) is 0 Å². The van der Waals surface area contributed by atoms with Gasteiger partial charge in [-0.2, -0.15) is 0 Å². The van der Waals surface area contributed by atoms with Crippen molar-refractivity contribution < 1.29 is 24.1 Å². The molecule has 1 aromatic heterocycles. The third kappa shape index (κ3) is 6.21. The molecule has 0 unspecified atom stereocenters. The van der Waals surface area contributed by atoms with Crippen LogP contribution in [0, 0.1) is 0 Å². The molecule has 22 heavy (non-hydrogen) atoms. The summed E-state index contributed by atoms with van der Waals surface area (Å²) in [5.41, 5.74) is 5.31. The van der Waals surface area contributed by atoms with Crippen LogP contribution in [0.4, 0.5) is 0 Å². The maximum Gasteiger partial charge on any atom is 0.158 e. The summed E-state index contributed by atoms with van der Waals surface area (Å²) in [5.74, 6) is 1.32. The first-order chi connectivity index (χ1) is 10.7. The van der Waals surface area contributed by atoms with Gasteiger partial charge in [-0.05, 0) is 0 Å². The van der Waals surface area contributed by atoms with Crippen molar-refractivity contribution >= 4 is 0 Å². The van der Waals surface area contributed by atoms with E-state index in [1.54, 1.807) is 0 Å². The summed E-state index contributed by atoms with van der Waals surface area (Å²) in [6, 6.07) is 0. The van der Waals surface area contributed by atoms with E-state index in [4.69, 9.17) is 29.8 Å². The molecule has 0 radical (unpaired) electrons. The lowest BCUT2D eigenvalue weighted by molar-refractivity contribution is -0.351. The number of nitrogens with zero attached hydrogens (tertiary/aromatic N) is 5. The lowest BCUT2D eigenvalue weighted by Gasteiger charge is -2.17. The van der Waals surface area contributed by atoms with Gasteiger partial charge in [-0.25, -0.2) is 15.0 Å². The van der Waals surface area contributed by atoms with Crippen LogP contribution in [-0.2, 0) is 43.8 Å². The van der Waals surface area contributed by atoms with Gasteiger partial charge in [-0.1, -0.05) is 10.5 Å². The third-order valence-corrected chi connectivity index (χ3v) is 2.48. The SMILES string of the molecule is CON(Cc1nc(COCN)nc(CN(OC)OC)n1)OC. The molecule has 0 atom stereocenters. The Hall–Kier alpha value is -1.31. The van der Waals surface area contributed by atoms with Gasteiger partial charge in [0.2, 0.25) is 0 Å². The van der Waals surface area contributed by atoms with E-state index in [0.29, 0.717) is 17.5 Å². The quantitative estimate of drug-likeness (QED) is 0.406. The van der Waals surface area contributed by atoms with Crippen molar-refractivity contribution in [3.63, 3.8) is 0 Å². The minimum Gasteiger partial charge on any atom is -0.359 e. The van der Waals surface area contributed by atoms with E-state index < -0.39 is 0 Å². The van der Waals surface area contributed by atoms with E-state index in [2.05, 4.69) is 15.0 Å². The Morgan fingerprint density at radius 1 is 0.773 bits per heavy atom. The van der Waals surface area contributed by atoms with Gasteiger partial charge in [-0.15, -0.1) is 0 Å². The summed E-state index contributed by atoms with van der Waals surface area (Å²) < 4.78 is 5.12. The molecule has 0 aliphatic carbocycles. The molecule has 11 nitrogen and oxygen atoms in total. The molecule has 0 saturated heterocycles. The monoisotopic (exact) mass is 318 g/mol. The maximum atomic E-state index is 5.31. The fourth-order valence-corrected chi connectivity index (χ4v) is 1.52. The van der Waals surface area contributed by atoms with Crippen LogP contribution in [0.1, 0.15) is 17.5 Å². The zero-order chi connectivity index (χ0) is 16.4. The first-order valence-corrected chi connectivity index (χ1v) is 6.38. The van der Waals surface area contributed by atoms with E-state index in [0.717, 1.165) is 0 Å². The molecule has 0 aromatic carbocycles. The minimum absolute atomic E-state index is 0.0703. The number of ether oxygens (including phenoxy) is 1. The molecule has 11 heteroatoms. The second-order valence-corrected chi connectivity index (χ2v) is 3.81. The highest BCUT2D eigenvalue weighted by molar-refractivity contribution is 4.96. The molecule has 0 fully saturated rings. The van der Waals surface area contributed by atoms with Crippen molar-refractivity contribution in [1.29, 1.82) is 0 Å². The third-order valence-electron chi connectivity index (χ3n) is 2.48. The van der Waals surface area contributed by atoms with Crippen molar-refractivity contribution in [2.45, 2.75) is 19.7 Å². The van der Waals surface area contributed by atoms with Gasteiger partial charge in [-0.3, -0.25) is 19.4 Å². The average Bonchev–Trinajstić information content (AvgIpc) is 2.55. The first kappa shape index (κ1) is 18.7. The van der Waals surface area contributed by atoms with Gasteiger partial charge in [0.25, 0.3) is 0 Å². The average molecular weight is 318 g/mol. The van der Waals surface area contributed by atoms with E-state index in [-0.39, 0.29) is 26.4 Å². The van der Waals surface area contributed by atoms with Gasteiger partial charge in [0.05, 0.1) is 35.2 Å². The number of hydrogen-bond donors (Lipinski definition) is 1. The molecule has 1 rings (SSSR count). The Bertz CT molecular complexity index is 397. The second-order valence-electron chi connectivity index (χ2n) is 3.81. The molecule has 2 N–H and O–H groups in total. The van der Waals surface area contributed by atoms with E-state index in [1.165, 1.54) is 38.9 Å². The summed E-state index contributed by atoms with van der Waals surface area (Å²) in [4.78, 5) is 32.8. The van der Waals surface area contributed by atoms with Crippen LogP contribution in [0.5, 0.6) is 0 Å². The molecule has 0 bridgehead atoms. The lowest BCUT2D eigenvalue weighted by Crippen LogP contribution is -2.25. The zero-order valence-electron chi connectivity index (χ0n) is 13.2. The van der Waals surface area contributed by atoms with Crippen molar-refractivity contribution in [1.82, 2.24) is 25.4 Å². The second kappa shape index (κ2) is 10.4. The summed E-state index contributed by atoms with van der Waals surface area (Å²) >= 11 is 0. The van der Waals surface area contributed by atoms with E-state index in [9.17, 15) is 0 Å². The highest BCUT2D eigenvalue weighted by Crippen LogP contribution is 2.05. The highest BCUT2D eigenvalue weighted by atomic mass is 16.9. The molecule has 0 amide bonds. The fraction of sp³-hybridized carbons (Fsp3) is 0.727. The fourth-order valence-electron chi connectivity index (χ4n) is 1.52. The molecule has 0 spiro atoms. The Labute approximate surface area is 128 Å². The standard InChI is InChI=1S/C11H22N6O5/c1-18-16(19-2)5-9-13-10(6-17(20-3)21-4)15-11(14-9)7-22-8-12/h5-8,12H2,1-4H3. The smallest absolute Gasteiger partial charge is 0.158 e. The van der Waals surface area contributed by atoms with Crippen molar-refractivity contribution in [3.05, 3.63) is 17.5 Å². The predicted molar refractivity (Wildman–Crippen MR) is 72.8 cm³/mol. The Kier molecular flexibility index (Phi) is 8.88. The molecule has 0 saturated carbocycles. The number of aromatic nitrogens is 3. The summed E-state index contributed by atoms with van der Waals surface area (Å²) in [7, 11) is 5.90. The van der Waals surface area contributed by atoms with Gasteiger partial charge < -0.3 is 10.5 Å². The van der Waals surface area contributed by atoms with Crippen LogP contribution in [0.3, 0.4) is 0 Å². The van der Waals surface area contributed by atoms with Gasteiger partial charge >= 0.3 is 0 Å². The summed E-state index contributed by atoms with van der Waals surface area (Å²) in [6.07, 6.45) is 0. The Balaban J connectivity index is 2.93. The molecule has 126 valence electrons. The van der Waals surface area contributed by atoms with Gasteiger partial charge in [0, 0.05) is 0 Å². The number of rotatable bonds is 11. The van der Waals surface area contributed by atoms with Crippen LogP contribution < -0.4 is 5.73 Å². The maximum absolute atomic E-state index is 5.31. The highest BCUT2D eigenvalue weighted by Gasteiger charge is 2.14. The van der Waals surface area contributed by atoms with E-state index >= 15 is 0 Å². The molecular formula is C11H22N6O5. The van der Waals surface area contributed by atoms with Gasteiger partial charge in [0.15, 0.2) is 17.5 Å². The molecule has 1 aromatic rings. The largest absolute Gasteiger partial charge is 0.359 e. The zero-order valence-corrected chi connectivity index (χ0v) is 13.2. The number of nitrogens with two attached hydrogens (primary N) is 1. The number of hydroxylamine groups is 4. The van der Waals surface area contributed by atoms with Crippen molar-refractivity contribution in [2.75, 3.05) is 35.2 Å². The van der Waals surface area contributed by atoms with Crippen molar-refractivity contribution in [2.24, 2.45) is 5.73 Å². The van der Waals surface area contributed by atoms with Crippen molar-refractivity contribution in [3.8, 4) is 0 Å². The molecule has 1 heterocycles. The van der Waals surface area contributed by atoms with Crippen LogP contribution in [0.15, 0.2) is 0 Å². The Morgan fingerprint density at radius 2 is 1.18 bits per heavy atom. The minimum atomic E-state index is 0.0703. The number of hydrogen-bond acceptors (Lipinski definition) is 11. The lowest BCUT2D eigenvalue weighted by atomic mass is 10.5. The topological polar surface area (TPSA) is 117 Å². The van der Waals surface area contributed by atoms with Crippen LogP contribution in [-0.4, -0.2) is 60.6 Å². The Morgan fingerprint density at radius 3 is 1.55 bits per heavy atom. The molecular weight excluding hydrogens is 296 g/mol. The first-order valence-electron chi connectivity index (χ1n) is 6.38. The van der Waals surface area contributed by atoms with Crippen LogP contribution in [0.2, 0.25) is 0 Å². The molecule has 0 aliphatic rings. The van der Waals surface area contributed by atoms with Crippen LogP contribution >= 0.6 is 0 Å². The van der Waals surface area contributed by atoms with Crippen LogP contribution in [0.25, 0.3) is 0 Å². The normalized spacial score (nSPS) is 11.6.